The lowest BCUT2D eigenvalue weighted by Gasteiger charge is -2.35. The first-order chi connectivity index (χ1) is 20.9. The van der Waals surface area contributed by atoms with E-state index >= 15 is 4.39 Å². The van der Waals surface area contributed by atoms with E-state index in [-0.39, 0.29) is 17.1 Å². The number of piperazine rings is 1. The van der Waals surface area contributed by atoms with Gasteiger partial charge in [0.25, 0.3) is 0 Å². The number of aromatic hydroxyl groups is 1. The van der Waals surface area contributed by atoms with Gasteiger partial charge in [0, 0.05) is 41.8 Å². The summed E-state index contributed by atoms with van der Waals surface area (Å²) in [6.45, 7) is 6.55. The molecule has 0 saturated carbocycles. The Morgan fingerprint density at radius 3 is 2.56 bits per heavy atom. The van der Waals surface area contributed by atoms with Crippen molar-refractivity contribution in [2.24, 2.45) is 0 Å². The van der Waals surface area contributed by atoms with E-state index < -0.39 is 0 Å². The number of anilines is 2. The zero-order valence-electron chi connectivity index (χ0n) is 24.7. The molecule has 0 aliphatic carbocycles. The molecule has 8 nitrogen and oxygen atoms in total. The molecule has 4 aliphatic heterocycles. The molecule has 43 heavy (non-hydrogen) atoms. The van der Waals surface area contributed by atoms with Gasteiger partial charge in [0.15, 0.2) is 0 Å². The van der Waals surface area contributed by atoms with Gasteiger partial charge in [0.05, 0.1) is 11.1 Å². The number of phenols is 1. The molecule has 0 radical (unpaired) electrons. The highest BCUT2D eigenvalue weighted by atomic mass is 19.1. The molecule has 224 valence electrons. The van der Waals surface area contributed by atoms with Crippen molar-refractivity contribution in [1.82, 2.24) is 20.2 Å². The second-order valence-corrected chi connectivity index (χ2v) is 13.0. The maximum absolute atomic E-state index is 15.0. The van der Waals surface area contributed by atoms with Crippen LogP contribution in [0.5, 0.6) is 11.8 Å². The molecule has 4 aliphatic rings. The minimum Gasteiger partial charge on any atom is -0.508 e. The Kier molecular flexibility index (Phi) is 6.38. The van der Waals surface area contributed by atoms with Crippen molar-refractivity contribution in [3.8, 4) is 22.9 Å². The van der Waals surface area contributed by atoms with Gasteiger partial charge in [-0.25, -0.2) is 4.39 Å². The highest BCUT2D eigenvalue weighted by Gasteiger charge is 2.45. The van der Waals surface area contributed by atoms with Gasteiger partial charge >= 0.3 is 6.01 Å². The molecule has 1 aromatic heterocycles. The van der Waals surface area contributed by atoms with E-state index in [1.165, 1.54) is 31.7 Å². The first kappa shape index (κ1) is 26.9. The first-order valence-corrected chi connectivity index (χ1v) is 15.9. The molecule has 2 bridgehead atoms. The van der Waals surface area contributed by atoms with Crippen LogP contribution in [0.3, 0.4) is 0 Å². The fourth-order valence-corrected chi connectivity index (χ4v) is 8.38. The minimum atomic E-state index is -0.262. The number of fused-ring (bicyclic) bond motifs is 5. The van der Waals surface area contributed by atoms with Crippen LogP contribution < -0.4 is 20.7 Å². The van der Waals surface area contributed by atoms with Crippen LogP contribution in [0, 0.1) is 5.82 Å². The number of nitrogens with zero attached hydrogens (tertiary/aromatic N) is 4. The number of nitrogens with two attached hydrogens (primary N) is 1. The number of nitrogens with one attached hydrogen (secondary N) is 1. The van der Waals surface area contributed by atoms with Gasteiger partial charge < -0.3 is 25.8 Å². The van der Waals surface area contributed by atoms with Crippen molar-refractivity contribution in [2.45, 2.75) is 69.5 Å². The molecular weight excluding hydrogens is 543 g/mol. The Bertz CT molecular complexity index is 1720. The average molecular weight is 583 g/mol. The van der Waals surface area contributed by atoms with Gasteiger partial charge in [-0.15, -0.1) is 0 Å². The number of aromatic nitrogens is 2. The second-order valence-electron chi connectivity index (χ2n) is 13.0. The monoisotopic (exact) mass is 582 g/mol. The van der Waals surface area contributed by atoms with Crippen LogP contribution in [-0.4, -0.2) is 70.4 Å². The molecule has 4 N–H and O–H groups in total. The zero-order valence-corrected chi connectivity index (χ0v) is 24.7. The Balaban J connectivity index is 1.27. The quantitative estimate of drug-likeness (QED) is 0.261. The highest BCUT2D eigenvalue weighted by Crippen LogP contribution is 2.43. The predicted octanol–water partition coefficient (Wildman–Crippen LogP) is 5.39. The zero-order chi connectivity index (χ0) is 29.3. The van der Waals surface area contributed by atoms with Crippen LogP contribution in [0.4, 0.5) is 15.9 Å². The van der Waals surface area contributed by atoms with Crippen molar-refractivity contribution in [3.05, 3.63) is 47.8 Å². The SMILES string of the molecule is CCc1c(F)ccc2cc(O)cc(-c3cc4nc(OCC56CCCN5CCC6)nc(N5CC6CCC(C5)N6)c4cc3N)c12. The first-order valence-electron chi connectivity index (χ1n) is 15.9. The van der Waals surface area contributed by atoms with Crippen molar-refractivity contribution < 1.29 is 14.2 Å². The van der Waals surface area contributed by atoms with Gasteiger partial charge in [0.1, 0.15) is 24.0 Å². The Morgan fingerprint density at radius 2 is 1.81 bits per heavy atom. The van der Waals surface area contributed by atoms with Gasteiger partial charge in [-0.2, -0.15) is 9.97 Å². The van der Waals surface area contributed by atoms with E-state index in [1.54, 1.807) is 18.2 Å². The highest BCUT2D eigenvalue weighted by molar-refractivity contribution is 6.06. The van der Waals surface area contributed by atoms with E-state index in [2.05, 4.69) is 15.1 Å². The average Bonchev–Trinajstić information content (AvgIpc) is 3.68. The van der Waals surface area contributed by atoms with E-state index in [9.17, 15) is 5.11 Å². The standard InChI is InChI=1S/C34H39FN6O2/c1-2-24-28(35)8-5-20-13-23(42)14-26(31(20)24)25-16-30-27(15-29(25)36)32(40-17-21-6-7-22(18-40)37-21)39-33(38-30)43-19-34-9-3-11-41(34)12-4-10-34/h5,8,13-16,21-22,37,42H,2-4,6-7,9-12,17-19,36H2,1H3. The third kappa shape index (κ3) is 4.47. The Hall–Kier alpha value is -3.69. The molecular formula is C34H39FN6O2. The molecule has 2 atom stereocenters. The number of aryl methyl sites for hydroxylation is 1. The summed E-state index contributed by atoms with van der Waals surface area (Å²) >= 11 is 0. The molecule has 3 aromatic carbocycles. The van der Waals surface area contributed by atoms with E-state index in [4.69, 9.17) is 20.4 Å². The van der Waals surface area contributed by atoms with Crippen LogP contribution in [0.25, 0.3) is 32.8 Å². The number of rotatable bonds is 6. The van der Waals surface area contributed by atoms with Crippen LogP contribution in [0.1, 0.15) is 51.0 Å². The van der Waals surface area contributed by atoms with Crippen molar-refractivity contribution in [2.75, 3.05) is 43.4 Å². The number of hydrogen-bond acceptors (Lipinski definition) is 8. The molecule has 4 fully saturated rings. The fourth-order valence-electron chi connectivity index (χ4n) is 8.38. The summed E-state index contributed by atoms with van der Waals surface area (Å²) in [6, 6.07) is 11.7. The smallest absolute Gasteiger partial charge is 0.319 e. The third-order valence-corrected chi connectivity index (χ3v) is 10.4. The normalized spacial score (nSPS) is 23.0. The summed E-state index contributed by atoms with van der Waals surface area (Å²) in [7, 11) is 0. The van der Waals surface area contributed by atoms with Crippen molar-refractivity contribution in [1.29, 1.82) is 0 Å². The van der Waals surface area contributed by atoms with Crippen molar-refractivity contribution >= 4 is 33.2 Å². The van der Waals surface area contributed by atoms with Gasteiger partial charge in [-0.3, -0.25) is 4.90 Å². The lowest BCUT2D eigenvalue weighted by Crippen LogP contribution is -2.51. The van der Waals surface area contributed by atoms with Gasteiger partial charge in [0.2, 0.25) is 0 Å². The number of nitrogen functional groups attached to an aromatic ring is 1. The lowest BCUT2D eigenvalue weighted by molar-refractivity contribution is 0.108. The van der Waals surface area contributed by atoms with E-state index in [0.29, 0.717) is 53.5 Å². The summed E-state index contributed by atoms with van der Waals surface area (Å²) < 4.78 is 21.5. The van der Waals surface area contributed by atoms with Crippen LogP contribution in [0.15, 0.2) is 36.4 Å². The van der Waals surface area contributed by atoms with Crippen LogP contribution in [0.2, 0.25) is 0 Å². The van der Waals surface area contributed by atoms with E-state index in [1.807, 2.05) is 19.1 Å². The summed E-state index contributed by atoms with van der Waals surface area (Å²) in [5, 5.41) is 16.8. The summed E-state index contributed by atoms with van der Waals surface area (Å²) in [5.74, 6) is 0.698. The predicted molar refractivity (Wildman–Crippen MR) is 168 cm³/mol. The molecule has 2 unspecified atom stereocenters. The van der Waals surface area contributed by atoms with E-state index in [0.717, 1.165) is 66.5 Å². The third-order valence-electron chi connectivity index (χ3n) is 10.4. The number of phenolic OH excluding ortho intramolecular Hbond substituents is 1. The van der Waals surface area contributed by atoms with Crippen LogP contribution >= 0.6 is 0 Å². The number of benzene rings is 3. The maximum atomic E-state index is 15.0. The topological polar surface area (TPSA) is 99.8 Å². The molecule has 0 amide bonds. The number of ether oxygens (including phenoxy) is 1. The lowest BCUT2D eigenvalue weighted by atomic mass is 9.91. The maximum Gasteiger partial charge on any atom is 0.319 e. The fraction of sp³-hybridized carbons (Fsp3) is 0.471. The largest absolute Gasteiger partial charge is 0.508 e. The summed E-state index contributed by atoms with van der Waals surface area (Å²) in [5.41, 5.74) is 10.2. The molecule has 9 heteroatoms. The summed E-state index contributed by atoms with van der Waals surface area (Å²) in [6.07, 6.45) is 7.56. The molecule has 0 spiro atoms. The van der Waals surface area contributed by atoms with Gasteiger partial charge in [-0.05, 0) is 110 Å². The molecule has 5 heterocycles. The second kappa shape index (κ2) is 10.2. The molecule has 4 aromatic rings. The molecule has 4 saturated heterocycles. The molecule has 8 rings (SSSR count). The van der Waals surface area contributed by atoms with Gasteiger partial charge in [-0.1, -0.05) is 13.0 Å². The van der Waals surface area contributed by atoms with Crippen molar-refractivity contribution in [3.63, 3.8) is 0 Å². The minimum absolute atomic E-state index is 0.0833. The van der Waals surface area contributed by atoms with Crippen LogP contribution in [-0.2, 0) is 6.42 Å². The summed E-state index contributed by atoms with van der Waals surface area (Å²) in [4.78, 5) is 14.9. The Labute approximate surface area is 251 Å². The Morgan fingerprint density at radius 1 is 1.05 bits per heavy atom. The number of hydrogen-bond donors (Lipinski definition) is 3. The number of halogens is 1.